The topological polar surface area (TPSA) is 372 Å². The molecule has 0 aromatic rings. The van der Waals surface area contributed by atoms with Crippen molar-refractivity contribution >= 4 is 85.1 Å². The maximum atomic E-state index is 12.2. The molecule has 5 atom stereocenters. The normalized spacial score (nSPS) is 16.2. The summed E-state index contributed by atoms with van der Waals surface area (Å²) in [5.74, 6) is -3.66. The van der Waals surface area contributed by atoms with Gasteiger partial charge in [0.15, 0.2) is 0 Å². The van der Waals surface area contributed by atoms with Crippen molar-refractivity contribution in [3.05, 3.63) is 11.4 Å². The maximum Gasteiger partial charge on any atom is 1.00 e. The number of alkyl halides is 1. The van der Waals surface area contributed by atoms with E-state index < -0.39 is 168 Å². The van der Waals surface area contributed by atoms with Crippen LogP contribution in [-0.4, -0.2) is 177 Å². The third-order valence-corrected chi connectivity index (χ3v) is 9.34. The summed E-state index contributed by atoms with van der Waals surface area (Å²) >= 11 is 1.65. The number of carbonyl (C=O) groups is 9. The summed E-state index contributed by atoms with van der Waals surface area (Å²) in [4.78, 5) is 109. The summed E-state index contributed by atoms with van der Waals surface area (Å²) in [7, 11) is -3.00. The second kappa shape index (κ2) is 49.2. The van der Waals surface area contributed by atoms with E-state index >= 15 is 0 Å². The van der Waals surface area contributed by atoms with Gasteiger partial charge in [-0.1, -0.05) is 50.6 Å². The summed E-state index contributed by atoms with van der Waals surface area (Å²) < 4.78 is 136. The predicted octanol–water partition coefficient (Wildman–Crippen LogP) is 6.45. The number of alkyl carbamates (subject to hydrolysis) is 4. The molecule has 92 heavy (non-hydrogen) atoms. The van der Waals surface area contributed by atoms with Crippen molar-refractivity contribution in [2.45, 2.75) is 319 Å². The Morgan fingerprint density at radius 1 is 0.489 bits per heavy atom. The van der Waals surface area contributed by atoms with Crippen LogP contribution < -0.4 is 62.3 Å². The van der Waals surface area contributed by atoms with E-state index in [4.69, 9.17) is 85.2 Å². The van der Waals surface area contributed by atoms with Crippen LogP contribution >= 0.6 is 22.6 Å². The van der Waals surface area contributed by atoms with E-state index in [1.807, 2.05) is 6.92 Å². The number of nitrogens with zero attached hydrogens (tertiary/aromatic N) is 1. The summed E-state index contributed by atoms with van der Waals surface area (Å²) in [5, 5.41) is 27.3. The number of hydrogen-bond donors (Lipinski definition) is 8. The van der Waals surface area contributed by atoms with Crippen molar-refractivity contribution < 1.29 is 135 Å². The van der Waals surface area contributed by atoms with Crippen LogP contribution in [0.25, 0.3) is 4.85 Å². The molecule has 4 amide bonds. The Hall–Kier alpha value is -4.41. The van der Waals surface area contributed by atoms with Gasteiger partial charge >= 0.3 is 83.8 Å². The Morgan fingerprint density at radius 3 is 0.946 bits per heavy atom. The van der Waals surface area contributed by atoms with Crippen LogP contribution in [0.15, 0.2) is 0 Å². The van der Waals surface area contributed by atoms with Crippen molar-refractivity contribution in [1.29, 1.82) is 5.34 Å². The van der Waals surface area contributed by atoms with Crippen molar-refractivity contribution in [1.82, 2.24) is 21.3 Å². The molecular formula is C63H124BIN7NaO19. The average Bonchev–Trinajstić information content (AvgIpc) is 0.852. The third kappa shape index (κ3) is 71.4. The molecule has 0 unspecified atom stereocenters. The number of halogens is 1. The van der Waals surface area contributed by atoms with E-state index in [0.717, 1.165) is 6.42 Å². The van der Waals surface area contributed by atoms with Crippen LogP contribution in [0.3, 0.4) is 0 Å². The van der Waals surface area contributed by atoms with Crippen molar-refractivity contribution in [2.75, 3.05) is 23.9 Å². The fourth-order valence-corrected chi connectivity index (χ4v) is 5.98. The van der Waals surface area contributed by atoms with E-state index in [1.165, 1.54) is 0 Å². The molecule has 29 heteroatoms. The number of amides is 4. The Labute approximate surface area is 608 Å². The molecule has 0 saturated carbocycles. The zero-order valence-corrected chi connectivity index (χ0v) is 64.0. The van der Waals surface area contributed by atoms with Gasteiger partial charge in [-0.05, 0) is 228 Å². The first kappa shape index (κ1) is 73.4. The Morgan fingerprint density at radius 2 is 0.739 bits per heavy atom. The number of aliphatic hydroxyl groups is 1. The van der Waals surface area contributed by atoms with E-state index in [1.54, 1.807) is 189 Å². The number of rotatable bonds is 24. The van der Waals surface area contributed by atoms with Crippen molar-refractivity contribution in [2.24, 2.45) is 11.5 Å². The van der Waals surface area contributed by atoms with Gasteiger partial charge in [0.2, 0.25) is 6.50 Å². The van der Waals surface area contributed by atoms with Crippen LogP contribution in [0, 0.1) is 6.57 Å². The van der Waals surface area contributed by atoms with Gasteiger partial charge in [0, 0.05) is 21.2 Å². The van der Waals surface area contributed by atoms with E-state index in [9.17, 15) is 43.2 Å². The van der Waals surface area contributed by atoms with Gasteiger partial charge in [0.25, 0.3) is 0 Å². The number of esters is 4. The molecule has 26 nitrogen and oxygen atoms in total. The number of carboxylic acid groups (broad SMARTS) is 1. The van der Waals surface area contributed by atoms with Crippen molar-refractivity contribution in [3.63, 3.8) is 0 Å². The summed E-state index contributed by atoms with van der Waals surface area (Å²) in [6, 6.07) is -4.98. The van der Waals surface area contributed by atoms with Gasteiger partial charge in [-0.2, -0.15) is 0 Å². The molecule has 0 rings (SSSR count). The predicted molar refractivity (Wildman–Crippen MR) is 366 cm³/mol. The maximum absolute atomic E-state index is 12.2. The van der Waals surface area contributed by atoms with E-state index in [2.05, 4.69) is 26.1 Å². The monoisotopic (exact) mass is 1480 g/mol. The molecule has 0 fully saturated rings. The van der Waals surface area contributed by atoms with Gasteiger partial charge in [-0.25, -0.2) is 50.3 Å². The Bertz CT molecular complexity index is 2650. The van der Waals surface area contributed by atoms with E-state index in [-0.39, 0.29) is 80.9 Å². The van der Waals surface area contributed by atoms with Crippen LogP contribution in [0.5, 0.6) is 0 Å². The molecular weight excluding hydrogens is 1340 g/mol. The Balaban J connectivity index is -0.000000228. The molecule has 0 aliphatic heterocycles. The SMILES string of the molecule is CC[13CH2][C@@H]([15NH]C(=O)OC(C)(C)C)C(=O)OC(C)(C)C.[2H][13C]([2H])(C[13CH2][C@@H]([15NH]C(=O)OC(C)(C)C)C(=O)OC(C)(C)C)[15N+]#[13C-].[2H][13C]([2H])(I)C[13CH2][C@@H]([15NH]C(=O)OC(C)(C)C)C(=O)OC(C)(C)C.[2H][13C]([2H])(O)C[13CH2][C@@H]([15NH]C(=O)OC(C)(C)C)C(=O)OC(C)(C)C.[2H][13C]([2H])([15NH2])[13C]([2H])([2H])C[13CH2][C@@H]([15NH2])C(=O)O.[2H][B-]([2H])([2H])[2H].[Na+]. The van der Waals surface area contributed by atoms with Crippen molar-refractivity contribution in [3.8, 4) is 0 Å². The minimum atomic E-state index is -3.00. The van der Waals surface area contributed by atoms with Gasteiger partial charge in [0.05, 0.1) is 2.74 Å². The quantitative estimate of drug-likeness (QED) is 0.00751. The standard InChI is InChI=1S/C15H26N2O4.C14H26INO4.C14H27NO5.C14H27NO4.C6H14N2O2.BH4.Na/c1-14(2,3)20-12(18)11(9-8-10-16-7)17-13(19)21-15(4,5)6;1-13(2,3)19-11(17)10(8-7-9-15)16-12(18)20-14(4,5)6;1-13(2,3)19-11(17)10(8-7-9-16)15-12(18)20-14(4,5)6;1-8-9-10(11(16)18-13(2,3)4)15-12(17)19-14(5,6)7;7-4-2-1-3-5(8)6(9)10;;/h11H,8-10H2,1-6H3,(H,17,19);10H,7-9H2,1-6H3,(H,16,18);10,16H,7-9H2,1-6H3,(H,15,18);10H,8-9H2,1-7H3,(H,15,17);5H,1-4,7-8H2,(H,9,10);1H4;/q;;;;;-1;+1/t11-;3*10-;5-;;/m11111../s1/i7+1,9+1,10+1D2,16+1,17+1;8+1,9+1D2,16+1;8+1,9+1D2,15+1;9+1,15+1;2+1D2,3+1,4+1D2,7+1,8+1;1D4;. The molecule has 0 aliphatic carbocycles. The van der Waals surface area contributed by atoms with Gasteiger partial charge in [-0.15, -0.1) is 0 Å². The van der Waals surface area contributed by atoms with Crippen LogP contribution in [0.1, 0.15) is 257 Å². The number of nitrogens with one attached hydrogen (secondary N) is 4. The number of ether oxygens (including phenoxy) is 8. The zero-order valence-electron chi connectivity index (χ0n) is 73.8. The molecule has 0 saturated heterocycles. The summed E-state index contributed by atoms with van der Waals surface area (Å²) in [5.41, 5.74) is 4.61. The smallest absolute Gasteiger partial charge is 0.480 e. The number of hydrogen-bond acceptors (Lipinski definition) is 20. The fraction of sp³-hybridized carbons (Fsp3) is 0.841. The number of carboxylic acids is 1. The minimum absolute atomic E-state index is 0. The van der Waals surface area contributed by atoms with Crippen LogP contribution in [0.2, 0.25) is 0 Å². The second-order valence-corrected chi connectivity index (χ2v) is 28.5. The van der Waals surface area contributed by atoms with Crippen LogP contribution in [-0.2, 0) is 61.9 Å². The first-order valence-electron chi connectivity index (χ1n) is 36.6. The third-order valence-electron chi connectivity index (χ3n) is 8.80. The van der Waals surface area contributed by atoms with E-state index in [0.29, 0.717) is 6.42 Å². The molecule has 10 N–H and O–H groups in total. The number of carbonyl (C=O) groups excluding carboxylic acids is 8. The molecule has 0 heterocycles. The average molecular weight is 1480 g/mol. The molecule has 536 valence electrons. The first-order valence-corrected chi connectivity index (χ1v) is 30.4. The van der Waals surface area contributed by atoms with Gasteiger partial charge < -0.3 is 85.7 Å². The molecule has 0 radical (unpaired) electrons. The summed E-state index contributed by atoms with van der Waals surface area (Å²) in [6.07, 6.45) is -4.88. The molecule has 0 aromatic carbocycles. The number of nitrogens with two attached hydrogens (primary N) is 2. The van der Waals surface area contributed by atoms with Gasteiger partial charge in [0.1, 0.15) is 77.8 Å². The van der Waals surface area contributed by atoms with Gasteiger partial charge in [-0.3, -0.25) is 4.79 Å². The fourth-order valence-electron chi connectivity index (χ4n) is 5.67. The largest absolute Gasteiger partial charge is 1.00 e. The second-order valence-electron chi connectivity index (χ2n) is 27.7. The number of aliphatic carboxylic acids is 1. The zero-order chi connectivity index (χ0) is 85.3. The molecule has 0 bridgehead atoms. The summed E-state index contributed by atoms with van der Waals surface area (Å²) in [6.45, 7) is 43.0. The minimum Gasteiger partial charge on any atom is -0.480 e. The molecule has 0 aliphatic rings. The molecule has 0 aromatic heterocycles. The molecule has 0 spiro atoms. The van der Waals surface area contributed by atoms with Crippen LogP contribution in [0.4, 0.5) is 19.2 Å². The first-order chi connectivity index (χ1) is 45.9. The Kier molecular flexibility index (Phi) is 39.2.